The minimum absolute atomic E-state index is 0. The van der Waals surface area contributed by atoms with Crippen LogP contribution in [0.15, 0.2) is 24.3 Å². The summed E-state index contributed by atoms with van der Waals surface area (Å²) in [5.41, 5.74) is 0.456. The highest BCUT2D eigenvalue weighted by molar-refractivity contribution is 7.75. The number of unbranched alkanes of at least 4 members (excludes halogenated alkanes) is 15. The van der Waals surface area contributed by atoms with Gasteiger partial charge < -0.3 is 0 Å². The van der Waals surface area contributed by atoms with E-state index in [0.717, 1.165) is 11.7 Å². The molecule has 0 saturated carbocycles. The third kappa shape index (κ3) is 18.0. The van der Waals surface area contributed by atoms with Crippen molar-refractivity contribution in [2.75, 3.05) is 18.5 Å². The van der Waals surface area contributed by atoms with Crippen molar-refractivity contribution in [3.05, 3.63) is 35.4 Å². The Kier molecular flexibility index (Phi) is 22.6. The van der Waals surface area contributed by atoms with E-state index in [1.54, 1.807) is 6.07 Å². The molecule has 1 aromatic carbocycles. The molecule has 0 nitrogen and oxygen atoms in total. The van der Waals surface area contributed by atoms with Crippen molar-refractivity contribution in [1.29, 1.82) is 0 Å². The molecule has 0 heterocycles. The lowest BCUT2D eigenvalue weighted by atomic mass is 10.1. The average Bonchev–Trinajstić information content (AvgIpc) is 2.85. The van der Waals surface area contributed by atoms with Gasteiger partial charge in [-0.25, -0.2) is 0 Å². The summed E-state index contributed by atoms with van der Waals surface area (Å²) < 4.78 is 40.4. The van der Waals surface area contributed by atoms with Gasteiger partial charge in [-0.2, -0.15) is 23.1 Å². The SMILES string of the molecule is CCCCCCCC[P+](CCCCCCCC)(CCCCCCCC)Cc1cccc(C(F)(F)F)c1.P. The van der Waals surface area contributed by atoms with Crippen LogP contribution in [-0.4, -0.2) is 18.5 Å². The van der Waals surface area contributed by atoms with E-state index in [-0.39, 0.29) is 9.90 Å². The summed E-state index contributed by atoms with van der Waals surface area (Å²) in [4.78, 5) is 0. The van der Waals surface area contributed by atoms with E-state index >= 15 is 0 Å². The molecule has 0 aliphatic carbocycles. The minimum Gasteiger partial charge on any atom is -0.166 e. The van der Waals surface area contributed by atoms with Crippen molar-refractivity contribution >= 4 is 17.2 Å². The molecule has 0 spiro atoms. The number of hydrogen-bond donors (Lipinski definition) is 0. The van der Waals surface area contributed by atoms with Gasteiger partial charge in [0.2, 0.25) is 0 Å². The number of rotatable bonds is 23. The van der Waals surface area contributed by atoms with Gasteiger partial charge in [-0.15, -0.1) is 0 Å². The van der Waals surface area contributed by atoms with Gasteiger partial charge in [0.1, 0.15) is 0 Å². The van der Waals surface area contributed by atoms with Gasteiger partial charge in [0, 0.05) is 7.26 Å². The summed E-state index contributed by atoms with van der Waals surface area (Å²) >= 11 is 0. The largest absolute Gasteiger partial charge is 0.416 e. The molecule has 5 heteroatoms. The first-order chi connectivity index (χ1) is 17.4. The summed E-state index contributed by atoms with van der Waals surface area (Å²) in [5, 5.41) is 0. The first-order valence-electron chi connectivity index (χ1n) is 15.4. The molecule has 218 valence electrons. The van der Waals surface area contributed by atoms with Crippen molar-refractivity contribution in [2.24, 2.45) is 0 Å². The van der Waals surface area contributed by atoms with Crippen LogP contribution < -0.4 is 0 Å². The van der Waals surface area contributed by atoms with Crippen LogP contribution in [0.1, 0.15) is 147 Å². The molecule has 1 atom stereocenters. The zero-order valence-corrected chi connectivity index (χ0v) is 27.0. The molecule has 0 aliphatic rings. The highest BCUT2D eigenvalue weighted by Gasteiger charge is 2.37. The number of halogens is 3. The van der Waals surface area contributed by atoms with Crippen molar-refractivity contribution in [3.8, 4) is 0 Å². The molecular formula is C32H60F3P2+. The Bertz CT molecular complexity index is 604. The molecule has 1 aromatic rings. The lowest BCUT2D eigenvalue weighted by Gasteiger charge is -2.29. The lowest BCUT2D eigenvalue weighted by molar-refractivity contribution is -0.137. The normalized spacial score (nSPS) is 12.1. The summed E-state index contributed by atoms with van der Waals surface area (Å²) in [5.74, 6) is 0. The topological polar surface area (TPSA) is 0 Å². The number of hydrogen-bond acceptors (Lipinski definition) is 0. The van der Waals surface area contributed by atoms with E-state index in [4.69, 9.17) is 0 Å². The van der Waals surface area contributed by atoms with Crippen LogP contribution in [-0.2, 0) is 12.3 Å². The standard InChI is InChI=1S/C32H57F3P.H3P/c1-4-7-10-13-16-19-25-36(26-20-17-14-11-8-5-2,27-21-18-15-12-9-6-3)29-30-23-22-24-31(28-30)32(33,34)35;/h22-24,28H,4-21,25-27,29H2,1-3H3;1H3/q+1;. The van der Waals surface area contributed by atoms with Gasteiger partial charge in [-0.3, -0.25) is 0 Å². The van der Waals surface area contributed by atoms with Crippen LogP contribution in [0.2, 0.25) is 0 Å². The summed E-state index contributed by atoms with van der Waals surface area (Å²) in [6, 6.07) is 6.29. The number of alkyl halides is 3. The maximum atomic E-state index is 13.5. The van der Waals surface area contributed by atoms with Crippen LogP contribution in [0.3, 0.4) is 0 Å². The predicted octanol–water partition coefficient (Wildman–Crippen LogP) is 12.4. The maximum Gasteiger partial charge on any atom is 0.416 e. The highest BCUT2D eigenvalue weighted by Crippen LogP contribution is 2.63. The van der Waals surface area contributed by atoms with E-state index in [1.807, 2.05) is 6.07 Å². The second-order valence-electron chi connectivity index (χ2n) is 11.2. The first kappa shape index (κ1) is 36.9. The fraction of sp³-hybridized carbons (Fsp3) is 0.812. The van der Waals surface area contributed by atoms with Gasteiger partial charge in [-0.05, 0) is 56.2 Å². The molecule has 0 radical (unpaired) electrons. The zero-order valence-electron chi connectivity index (χ0n) is 24.7. The van der Waals surface area contributed by atoms with E-state index in [0.29, 0.717) is 0 Å². The van der Waals surface area contributed by atoms with E-state index in [9.17, 15) is 13.2 Å². The smallest absolute Gasteiger partial charge is 0.166 e. The molecule has 0 aliphatic heterocycles. The predicted molar refractivity (Wildman–Crippen MR) is 168 cm³/mol. The van der Waals surface area contributed by atoms with Gasteiger partial charge in [0.25, 0.3) is 0 Å². The minimum atomic E-state index is -4.26. The monoisotopic (exact) mass is 563 g/mol. The molecule has 0 saturated heterocycles. The van der Waals surface area contributed by atoms with Gasteiger partial charge >= 0.3 is 6.18 Å². The third-order valence-corrected chi connectivity index (χ3v) is 12.6. The highest BCUT2D eigenvalue weighted by atomic mass is 31.2. The molecule has 0 aromatic heterocycles. The fourth-order valence-electron chi connectivity index (χ4n) is 5.49. The van der Waals surface area contributed by atoms with Crippen molar-refractivity contribution < 1.29 is 13.2 Å². The summed E-state index contributed by atoms with van der Waals surface area (Å²) in [6.07, 6.45) is 23.8. The van der Waals surface area contributed by atoms with Crippen LogP contribution in [0.5, 0.6) is 0 Å². The lowest BCUT2D eigenvalue weighted by Crippen LogP contribution is -2.13. The Balaban J connectivity index is 0.0000130. The summed E-state index contributed by atoms with van der Waals surface area (Å²) in [7, 11) is -1.32. The fourth-order valence-corrected chi connectivity index (χ4v) is 10.3. The Morgan fingerprint density at radius 3 is 1.32 bits per heavy atom. The van der Waals surface area contributed by atoms with E-state index in [2.05, 4.69) is 20.8 Å². The molecule has 1 rings (SSSR count). The average molecular weight is 564 g/mol. The first-order valence-corrected chi connectivity index (χ1v) is 17.9. The van der Waals surface area contributed by atoms with Gasteiger partial charge in [0.05, 0.1) is 30.2 Å². The molecule has 1 unspecified atom stereocenters. The zero-order chi connectivity index (χ0) is 26.5. The molecule has 0 bridgehead atoms. The number of benzene rings is 1. The Hall–Kier alpha value is -0.130. The van der Waals surface area contributed by atoms with Crippen LogP contribution in [0.4, 0.5) is 13.2 Å². The molecule has 0 amide bonds. The van der Waals surface area contributed by atoms with E-state index in [1.165, 1.54) is 146 Å². The Labute approximate surface area is 232 Å². The van der Waals surface area contributed by atoms with Gasteiger partial charge in [-0.1, -0.05) is 110 Å². The molecular weight excluding hydrogens is 503 g/mol. The van der Waals surface area contributed by atoms with Crippen molar-refractivity contribution in [2.45, 2.75) is 149 Å². The van der Waals surface area contributed by atoms with Crippen LogP contribution >= 0.6 is 17.2 Å². The van der Waals surface area contributed by atoms with Crippen molar-refractivity contribution in [3.63, 3.8) is 0 Å². The van der Waals surface area contributed by atoms with E-state index < -0.39 is 19.0 Å². The molecule has 0 fully saturated rings. The van der Waals surface area contributed by atoms with Gasteiger partial charge in [0.15, 0.2) is 0 Å². The van der Waals surface area contributed by atoms with Crippen molar-refractivity contribution in [1.82, 2.24) is 0 Å². The second-order valence-corrected chi connectivity index (χ2v) is 15.5. The molecule has 37 heavy (non-hydrogen) atoms. The maximum absolute atomic E-state index is 13.5. The van der Waals surface area contributed by atoms with Crippen LogP contribution in [0.25, 0.3) is 0 Å². The third-order valence-electron chi connectivity index (χ3n) is 7.73. The Morgan fingerprint density at radius 1 is 0.568 bits per heavy atom. The Morgan fingerprint density at radius 2 is 0.946 bits per heavy atom. The van der Waals surface area contributed by atoms with Crippen LogP contribution in [0, 0.1) is 0 Å². The second kappa shape index (κ2) is 22.7. The quantitative estimate of drug-likeness (QED) is 0.0917. The summed E-state index contributed by atoms with van der Waals surface area (Å²) in [6.45, 7) is 6.77. The molecule has 0 N–H and O–H groups in total.